The first-order valence-electron chi connectivity index (χ1n) is 8.49. The van der Waals surface area contributed by atoms with Gasteiger partial charge in [-0.2, -0.15) is 0 Å². The third-order valence-electron chi connectivity index (χ3n) is 4.59. The van der Waals surface area contributed by atoms with Gasteiger partial charge in [0.05, 0.1) is 17.8 Å². The van der Waals surface area contributed by atoms with Crippen LogP contribution in [0.5, 0.6) is 0 Å². The van der Waals surface area contributed by atoms with Gasteiger partial charge >= 0.3 is 0 Å². The number of nitrogens with zero attached hydrogens (tertiary/aromatic N) is 2. The molecule has 7 heteroatoms. The Kier molecular flexibility index (Phi) is 5.30. The van der Waals surface area contributed by atoms with Gasteiger partial charge in [0.1, 0.15) is 5.82 Å². The van der Waals surface area contributed by atoms with E-state index in [0.717, 1.165) is 45.4 Å². The molecule has 130 valence electrons. The summed E-state index contributed by atoms with van der Waals surface area (Å²) in [4.78, 5) is 30.4. The molecule has 2 N–H and O–H groups in total. The second-order valence-corrected chi connectivity index (χ2v) is 6.42. The topological polar surface area (TPSA) is 83.6 Å². The number of hydrogen-bond donors (Lipinski definition) is 2. The Hall–Kier alpha value is -2.15. The number of pyridine rings is 1. The van der Waals surface area contributed by atoms with Gasteiger partial charge in [-0.15, -0.1) is 0 Å². The lowest BCUT2D eigenvalue weighted by atomic mass is 9.93. The Balaban J connectivity index is 1.65. The number of carbonyl (C=O) groups is 2. The van der Waals surface area contributed by atoms with Gasteiger partial charge in [0.15, 0.2) is 0 Å². The highest BCUT2D eigenvalue weighted by molar-refractivity contribution is 6.02. The number of likely N-dealkylation sites (tertiary alicyclic amines) is 1. The molecule has 1 unspecified atom stereocenters. The van der Waals surface area contributed by atoms with Gasteiger partial charge in [-0.25, -0.2) is 4.98 Å². The molecule has 1 aromatic heterocycles. The maximum atomic E-state index is 12.8. The largest absolute Gasteiger partial charge is 0.385 e. The molecule has 2 aliphatic heterocycles. The number of fused-ring (bicyclic) bond motifs is 1. The molecule has 0 aromatic carbocycles. The molecule has 7 nitrogen and oxygen atoms in total. The van der Waals surface area contributed by atoms with Gasteiger partial charge in [0.25, 0.3) is 5.91 Å². The van der Waals surface area contributed by atoms with Crippen LogP contribution in [0.1, 0.15) is 36.0 Å². The van der Waals surface area contributed by atoms with E-state index < -0.39 is 0 Å². The molecule has 24 heavy (non-hydrogen) atoms. The van der Waals surface area contributed by atoms with Crippen molar-refractivity contribution in [3.8, 4) is 0 Å². The van der Waals surface area contributed by atoms with Crippen LogP contribution < -0.4 is 10.6 Å². The fraction of sp³-hybridized carbons (Fsp3) is 0.588. The van der Waals surface area contributed by atoms with Crippen molar-refractivity contribution in [3.63, 3.8) is 0 Å². The maximum absolute atomic E-state index is 12.8. The van der Waals surface area contributed by atoms with E-state index >= 15 is 0 Å². The molecule has 0 saturated carbocycles. The summed E-state index contributed by atoms with van der Waals surface area (Å²) in [5.41, 5.74) is 1.10. The molecule has 0 aliphatic carbocycles. The molecule has 3 heterocycles. The number of anilines is 2. The van der Waals surface area contributed by atoms with E-state index in [9.17, 15) is 9.59 Å². The molecule has 2 aliphatic rings. The van der Waals surface area contributed by atoms with E-state index in [1.54, 1.807) is 19.4 Å². The lowest BCUT2D eigenvalue weighted by Gasteiger charge is -2.33. The minimum absolute atomic E-state index is 0.0124. The number of piperidine rings is 1. The van der Waals surface area contributed by atoms with Crippen LogP contribution in [0.3, 0.4) is 0 Å². The van der Waals surface area contributed by atoms with Crippen LogP contribution >= 0.6 is 0 Å². The molecule has 1 aromatic rings. The summed E-state index contributed by atoms with van der Waals surface area (Å²) < 4.78 is 5.11. The third kappa shape index (κ3) is 3.84. The zero-order valence-corrected chi connectivity index (χ0v) is 14.0. The Bertz CT molecular complexity index is 620. The summed E-state index contributed by atoms with van der Waals surface area (Å²) in [6.45, 7) is 2.54. The van der Waals surface area contributed by atoms with Crippen LogP contribution in [0.2, 0.25) is 0 Å². The first-order chi connectivity index (χ1) is 11.7. The van der Waals surface area contributed by atoms with Gasteiger partial charge in [0, 0.05) is 33.0 Å². The normalized spacial score (nSPS) is 20.1. The van der Waals surface area contributed by atoms with Crippen LogP contribution in [-0.2, 0) is 9.53 Å². The Morgan fingerprint density at radius 1 is 1.50 bits per heavy atom. The first kappa shape index (κ1) is 16.7. The van der Waals surface area contributed by atoms with Gasteiger partial charge in [-0.05, 0) is 37.7 Å². The van der Waals surface area contributed by atoms with Crippen molar-refractivity contribution in [2.24, 2.45) is 5.92 Å². The molecule has 1 atom stereocenters. The van der Waals surface area contributed by atoms with E-state index in [0.29, 0.717) is 23.0 Å². The maximum Gasteiger partial charge on any atom is 0.255 e. The predicted octanol–water partition coefficient (Wildman–Crippen LogP) is 1.72. The highest BCUT2D eigenvalue weighted by Crippen LogP contribution is 2.26. The van der Waals surface area contributed by atoms with Crippen LogP contribution in [0.15, 0.2) is 12.3 Å². The molecular weight excluding hydrogens is 308 g/mol. The summed E-state index contributed by atoms with van der Waals surface area (Å²) >= 11 is 0. The minimum Gasteiger partial charge on any atom is -0.385 e. The van der Waals surface area contributed by atoms with Crippen LogP contribution in [-0.4, -0.2) is 55.0 Å². The van der Waals surface area contributed by atoms with Crippen molar-refractivity contribution in [2.45, 2.75) is 25.7 Å². The average Bonchev–Trinajstić information content (AvgIpc) is 2.61. The molecule has 3 rings (SSSR count). The van der Waals surface area contributed by atoms with Gasteiger partial charge in [-0.3, -0.25) is 9.59 Å². The Morgan fingerprint density at radius 2 is 2.38 bits per heavy atom. The van der Waals surface area contributed by atoms with E-state index in [-0.39, 0.29) is 18.4 Å². The number of aromatic nitrogens is 1. The fourth-order valence-electron chi connectivity index (χ4n) is 3.36. The van der Waals surface area contributed by atoms with Crippen molar-refractivity contribution in [1.29, 1.82) is 0 Å². The Labute approximate surface area is 141 Å². The molecule has 0 bridgehead atoms. The van der Waals surface area contributed by atoms with Crippen LogP contribution in [0.4, 0.5) is 11.5 Å². The lowest BCUT2D eigenvalue weighted by Crippen LogP contribution is -2.40. The minimum atomic E-state index is -0.120. The van der Waals surface area contributed by atoms with E-state index in [2.05, 4.69) is 15.6 Å². The Morgan fingerprint density at radius 3 is 3.21 bits per heavy atom. The monoisotopic (exact) mass is 332 g/mol. The number of carbonyl (C=O) groups excluding carboxylic acids is 2. The van der Waals surface area contributed by atoms with E-state index in [1.165, 1.54) is 0 Å². The SMILES string of the molecule is COCCCC1CCCN(C(=O)c2cnc3c(c2)NC(=O)CN3)C1. The number of hydrogen-bond acceptors (Lipinski definition) is 5. The summed E-state index contributed by atoms with van der Waals surface area (Å²) in [7, 11) is 1.72. The average molecular weight is 332 g/mol. The number of nitrogens with one attached hydrogen (secondary N) is 2. The van der Waals surface area contributed by atoms with Gasteiger partial charge < -0.3 is 20.3 Å². The van der Waals surface area contributed by atoms with Crippen molar-refractivity contribution >= 4 is 23.3 Å². The zero-order chi connectivity index (χ0) is 16.9. The highest BCUT2D eigenvalue weighted by Gasteiger charge is 2.25. The standard InChI is InChI=1S/C17H24N4O3/c1-24-7-3-5-12-4-2-6-21(11-12)17(23)13-8-14-16(18-9-13)19-10-15(22)20-14/h8-9,12H,2-7,10-11H2,1H3,(H,18,19)(H,20,22). The molecular formula is C17H24N4O3. The summed E-state index contributed by atoms with van der Waals surface area (Å²) in [6, 6.07) is 1.71. The van der Waals surface area contributed by atoms with Crippen molar-refractivity contribution in [3.05, 3.63) is 17.8 Å². The summed E-state index contributed by atoms with van der Waals surface area (Å²) in [5, 5.41) is 5.69. The second-order valence-electron chi connectivity index (χ2n) is 6.42. The third-order valence-corrected chi connectivity index (χ3v) is 4.59. The number of amides is 2. The first-order valence-corrected chi connectivity index (χ1v) is 8.49. The van der Waals surface area contributed by atoms with Crippen molar-refractivity contribution < 1.29 is 14.3 Å². The van der Waals surface area contributed by atoms with Crippen molar-refractivity contribution in [2.75, 3.05) is 44.0 Å². The molecule has 0 spiro atoms. The lowest BCUT2D eigenvalue weighted by molar-refractivity contribution is -0.114. The molecule has 1 saturated heterocycles. The highest BCUT2D eigenvalue weighted by atomic mass is 16.5. The van der Waals surface area contributed by atoms with Crippen molar-refractivity contribution in [1.82, 2.24) is 9.88 Å². The van der Waals surface area contributed by atoms with Gasteiger partial charge in [-0.1, -0.05) is 0 Å². The summed E-state index contributed by atoms with van der Waals surface area (Å²) in [6.07, 6.45) is 5.89. The zero-order valence-electron chi connectivity index (χ0n) is 14.0. The predicted molar refractivity (Wildman–Crippen MR) is 91.1 cm³/mol. The van der Waals surface area contributed by atoms with Crippen LogP contribution in [0, 0.1) is 5.92 Å². The van der Waals surface area contributed by atoms with Gasteiger partial charge in [0.2, 0.25) is 5.91 Å². The fourth-order valence-corrected chi connectivity index (χ4v) is 3.36. The molecule has 2 amide bonds. The molecule has 1 fully saturated rings. The van der Waals surface area contributed by atoms with E-state index in [1.807, 2.05) is 4.90 Å². The van der Waals surface area contributed by atoms with Crippen LogP contribution in [0.25, 0.3) is 0 Å². The number of rotatable bonds is 5. The van der Waals surface area contributed by atoms with E-state index in [4.69, 9.17) is 4.74 Å². The number of methoxy groups -OCH3 is 1. The quantitative estimate of drug-likeness (QED) is 0.802. The molecule has 0 radical (unpaired) electrons. The summed E-state index contributed by atoms with van der Waals surface area (Å²) in [5.74, 6) is 1.01. The number of ether oxygens (including phenoxy) is 1. The second kappa shape index (κ2) is 7.61. The smallest absolute Gasteiger partial charge is 0.255 e.